The van der Waals surface area contributed by atoms with E-state index in [1.54, 1.807) is 0 Å². The lowest BCUT2D eigenvalue weighted by Crippen LogP contribution is -2.22. The summed E-state index contributed by atoms with van der Waals surface area (Å²) in [6, 6.07) is 6.43. The van der Waals surface area contributed by atoms with Crippen LogP contribution in [0.15, 0.2) is 18.2 Å². The molecule has 0 spiro atoms. The quantitative estimate of drug-likeness (QED) is 0.806. The number of aliphatic hydroxyl groups excluding tert-OH is 1. The van der Waals surface area contributed by atoms with Gasteiger partial charge in [0.05, 0.1) is 0 Å². The summed E-state index contributed by atoms with van der Waals surface area (Å²) in [6.45, 7) is 4.94. The molecule has 1 saturated heterocycles. The molecule has 1 aromatic carbocycles. The summed E-state index contributed by atoms with van der Waals surface area (Å²) in [5.41, 5.74) is 9.48. The molecule has 88 valence electrons. The largest absolute Gasteiger partial charge is 0.396 e. The fourth-order valence-corrected chi connectivity index (χ4v) is 2.39. The summed E-state index contributed by atoms with van der Waals surface area (Å²) in [7, 11) is 0. The van der Waals surface area contributed by atoms with Crippen molar-refractivity contribution in [3.05, 3.63) is 29.3 Å². The van der Waals surface area contributed by atoms with Crippen molar-refractivity contribution in [1.29, 1.82) is 0 Å². The third-order valence-electron chi connectivity index (χ3n) is 3.34. The molecule has 3 nitrogen and oxygen atoms in total. The lowest BCUT2D eigenvalue weighted by Gasteiger charge is -2.22. The van der Waals surface area contributed by atoms with Crippen LogP contribution in [-0.2, 0) is 6.54 Å². The normalized spacial score (nSPS) is 20.4. The standard InChI is InChI=1S/C13H20N2O/c1-10-2-3-13(12(6-10)7-14)15-5-4-11(8-15)9-16/h2-3,6,11,16H,4-5,7-9,14H2,1H3. The Morgan fingerprint density at radius 3 is 2.94 bits per heavy atom. The zero-order chi connectivity index (χ0) is 11.5. The molecule has 2 rings (SSSR count). The van der Waals surface area contributed by atoms with E-state index in [0.29, 0.717) is 19.1 Å². The van der Waals surface area contributed by atoms with Crippen LogP contribution >= 0.6 is 0 Å². The Bertz CT molecular complexity index is 365. The number of anilines is 1. The number of nitrogens with two attached hydrogens (primary N) is 1. The summed E-state index contributed by atoms with van der Waals surface area (Å²) in [6.07, 6.45) is 1.08. The van der Waals surface area contributed by atoms with E-state index in [2.05, 4.69) is 30.0 Å². The Morgan fingerprint density at radius 2 is 2.31 bits per heavy atom. The van der Waals surface area contributed by atoms with E-state index in [0.717, 1.165) is 19.5 Å². The van der Waals surface area contributed by atoms with Crippen molar-refractivity contribution < 1.29 is 5.11 Å². The number of rotatable bonds is 3. The predicted molar refractivity (Wildman–Crippen MR) is 66.5 cm³/mol. The van der Waals surface area contributed by atoms with Crippen LogP contribution in [0.3, 0.4) is 0 Å². The van der Waals surface area contributed by atoms with E-state index < -0.39 is 0 Å². The molecule has 0 aliphatic carbocycles. The predicted octanol–water partition coefficient (Wildman–Crippen LogP) is 1.27. The topological polar surface area (TPSA) is 49.5 Å². The highest BCUT2D eigenvalue weighted by Crippen LogP contribution is 2.27. The average Bonchev–Trinajstić information content (AvgIpc) is 2.77. The molecule has 0 radical (unpaired) electrons. The minimum absolute atomic E-state index is 0.292. The molecule has 3 heteroatoms. The SMILES string of the molecule is Cc1ccc(N2CCC(CO)C2)c(CN)c1. The molecule has 1 aliphatic rings. The van der Waals surface area contributed by atoms with Gasteiger partial charge in [-0.25, -0.2) is 0 Å². The summed E-state index contributed by atoms with van der Waals surface area (Å²) in [4.78, 5) is 2.34. The second-order valence-electron chi connectivity index (χ2n) is 4.62. The zero-order valence-corrected chi connectivity index (χ0v) is 9.82. The van der Waals surface area contributed by atoms with E-state index in [-0.39, 0.29) is 0 Å². The van der Waals surface area contributed by atoms with Gasteiger partial charge in [-0.15, -0.1) is 0 Å². The first kappa shape index (κ1) is 11.4. The molecule has 1 atom stereocenters. The number of aliphatic hydroxyl groups is 1. The van der Waals surface area contributed by atoms with Crippen molar-refractivity contribution in [1.82, 2.24) is 0 Å². The van der Waals surface area contributed by atoms with Crippen molar-refractivity contribution in [2.24, 2.45) is 11.7 Å². The number of hydrogen-bond donors (Lipinski definition) is 2. The van der Waals surface area contributed by atoms with Crippen LogP contribution in [0.25, 0.3) is 0 Å². The molecule has 1 aromatic rings. The van der Waals surface area contributed by atoms with Gasteiger partial charge in [-0.1, -0.05) is 17.7 Å². The van der Waals surface area contributed by atoms with Gasteiger partial charge in [0.2, 0.25) is 0 Å². The highest BCUT2D eigenvalue weighted by Gasteiger charge is 2.23. The van der Waals surface area contributed by atoms with E-state index in [4.69, 9.17) is 10.8 Å². The van der Waals surface area contributed by atoms with Gasteiger partial charge in [0.25, 0.3) is 0 Å². The maximum Gasteiger partial charge on any atom is 0.0476 e. The minimum atomic E-state index is 0.292. The van der Waals surface area contributed by atoms with Gasteiger partial charge in [0.15, 0.2) is 0 Å². The Morgan fingerprint density at radius 1 is 1.50 bits per heavy atom. The van der Waals surface area contributed by atoms with Crippen LogP contribution in [0.4, 0.5) is 5.69 Å². The van der Waals surface area contributed by atoms with Crippen molar-refractivity contribution in [3.8, 4) is 0 Å². The van der Waals surface area contributed by atoms with Crippen LogP contribution in [0.5, 0.6) is 0 Å². The number of hydrogen-bond acceptors (Lipinski definition) is 3. The molecular formula is C13H20N2O. The van der Waals surface area contributed by atoms with Gasteiger partial charge in [0.1, 0.15) is 0 Å². The third-order valence-corrected chi connectivity index (χ3v) is 3.34. The number of benzene rings is 1. The van der Waals surface area contributed by atoms with E-state index in [9.17, 15) is 0 Å². The molecular weight excluding hydrogens is 200 g/mol. The van der Waals surface area contributed by atoms with Crippen LogP contribution < -0.4 is 10.6 Å². The van der Waals surface area contributed by atoms with E-state index in [1.165, 1.54) is 16.8 Å². The third kappa shape index (κ3) is 2.20. The van der Waals surface area contributed by atoms with Crippen LogP contribution in [0.1, 0.15) is 17.5 Å². The highest BCUT2D eigenvalue weighted by atomic mass is 16.3. The zero-order valence-electron chi connectivity index (χ0n) is 9.82. The summed E-state index contributed by atoms with van der Waals surface area (Å²) >= 11 is 0. The molecule has 0 amide bonds. The molecule has 3 N–H and O–H groups in total. The van der Waals surface area contributed by atoms with Crippen LogP contribution in [-0.4, -0.2) is 24.8 Å². The Kier molecular flexibility index (Phi) is 3.46. The molecule has 0 aromatic heterocycles. The van der Waals surface area contributed by atoms with Gasteiger partial charge in [-0.05, 0) is 25.0 Å². The fraction of sp³-hybridized carbons (Fsp3) is 0.538. The Balaban J connectivity index is 2.20. The van der Waals surface area contributed by atoms with E-state index >= 15 is 0 Å². The monoisotopic (exact) mass is 220 g/mol. The second kappa shape index (κ2) is 4.85. The number of aryl methyl sites for hydroxylation is 1. The number of nitrogens with zero attached hydrogens (tertiary/aromatic N) is 1. The fourth-order valence-electron chi connectivity index (χ4n) is 2.39. The van der Waals surface area contributed by atoms with Gasteiger partial charge < -0.3 is 15.7 Å². The van der Waals surface area contributed by atoms with Gasteiger partial charge in [-0.2, -0.15) is 0 Å². The van der Waals surface area contributed by atoms with Crippen LogP contribution in [0, 0.1) is 12.8 Å². The van der Waals surface area contributed by atoms with Crippen LogP contribution in [0.2, 0.25) is 0 Å². The minimum Gasteiger partial charge on any atom is -0.396 e. The highest BCUT2D eigenvalue weighted by molar-refractivity contribution is 5.55. The maximum absolute atomic E-state index is 9.15. The average molecular weight is 220 g/mol. The van der Waals surface area contributed by atoms with Gasteiger partial charge >= 0.3 is 0 Å². The lowest BCUT2D eigenvalue weighted by molar-refractivity contribution is 0.238. The first-order valence-corrected chi connectivity index (χ1v) is 5.90. The molecule has 1 heterocycles. The summed E-state index contributed by atoms with van der Waals surface area (Å²) in [5, 5.41) is 9.15. The first-order chi connectivity index (χ1) is 7.74. The Labute approximate surface area is 96.9 Å². The molecule has 0 saturated carbocycles. The molecule has 1 fully saturated rings. The van der Waals surface area contributed by atoms with E-state index in [1.807, 2.05) is 0 Å². The summed E-state index contributed by atoms with van der Waals surface area (Å²) < 4.78 is 0. The van der Waals surface area contributed by atoms with Gasteiger partial charge in [0, 0.05) is 37.8 Å². The summed E-state index contributed by atoms with van der Waals surface area (Å²) in [5.74, 6) is 0.423. The Hall–Kier alpha value is -1.06. The molecule has 0 bridgehead atoms. The van der Waals surface area contributed by atoms with Crippen molar-refractivity contribution in [2.45, 2.75) is 19.9 Å². The first-order valence-electron chi connectivity index (χ1n) is 5.90. The molecule has 16 heavy (non-hydrogen) atoms. The molecule has 1 aliphatic heterocycles. The second-order valence-corrected chi connectivity index (χ2v) is 4.62. The van der Waals surface area contributed by atoms with Gasteiger partial charge in [-0.3, -0.25) is 0 Å². The molecule has 1 unspecified atom stereocenters. The van der Waals surface area contributed by atoms with Crippen molar-refractivity contribution >= 4 is 5.69 Å². The lowest BCUT2D eigenvalue weighted by atomic mass is 10.1. The smallest absolute Gasteiger partial charge is 0.0476 e. The van der Waals surface area contributed by atoms with Crippen molar-refractivity contribution in [3.63, 3.8) is 0 Å². The van der Waals surface area contributed by atoms with Crippen molar-refractivity contribution in [2.75, 3.05) is 24.6 Å². The maximum atomic E-state index is 9.15.